The number of anilines is 1. The Bertz CT molecular complexity index is 1050. The lowest BCUT2D eigenvalue weighted by molar-refractivity contribution is -0.116. The first-order chi connectivity index (χ1) is 13.5. The number of amides is 1. The highest BCUT2D eigenvalue weighted by Gasteiger charge is 2.25. The Hall–Kier alpha value is -2.72. The molecule has 28 heavy (non-hydrogen) atoms. The van der Waals surface area contributed by atoms with Crippen molar-refractivity contribution >= 4 is 45.3 Å². The summed E-state index contributed by atoms with van der Waals surface area (Å²) < 4.78 is 2.49. The van der Waals surface area contributed by atoms with Crippen molar-refractivity contribution in [3.8, 4) is 5.69 Å². The monoisotopic (exact) mass is 459 g/mol. The molecular formula is C18H14BrN5O3S. The number of thioether (sulfide) groups is 1. The van der Waals surface area contributed by atoms with Crippen LogP contribution in [0.4, 0.5) is 5.69 Å². The fourth-order valence-corrected chi connectivity index (χ4v) is 4.19. The minimum atomic E-state index is -0.999. The number of rotatable bonds is 5. The summed E-state index contributed by atoms with van der Waals surface area (Å²) >= 11 is 4.70. The molecule has 0 bridgehead atoms. The highest BCUT2D eigenvalue weighted by molar-refractivity contribution is 9.10. The van der Waals surface area contributed by atoms with E-state index in [4.69, 9.17) is 5.11 Å². The maximum atomic E-state index is 12.7. The van der Waals surface area contributed by atoms with E-state index >= 15 is 0 Å². The number of halogens is 1. The van der Waals surface area contributed by atoms with E-state index in [1.165, 1.54) is 28.6 Å². The van der Waals surface area contributed by atoms with Gasteiger partial charge in [0, 0.05) is 16.7 Å². The number of carbonyl (C=O) groups excluding carboxylic acids is 1. The highest BCUT2D eigenvalue weighted by Crippen LogP contribution is 2.31. The van der Waals surface area contributed by atoms with Gasteiger partial charge in [-0.3, -0.25) is 4.79 Å². The van der Waals surface area contributed by atoms with Crippen LogP contribution in [0.15, 0.2) is 52.1 Å². The second-order valence-electron chi connectivity index (χ2n) is 6.08. The van der Waals surface area contributed by atoms with Crippen molar-refractivity contribution in [3.05, 3.63) is 58.1 Å². The number of carboxylic acid groups (broad SMARTS) is 1. The molecule has 1 N–H and O–H groups in total. The summed E-state index contributed by atoms with van der Waals surface area (Å²) in [6, 6.07) is 12.1. The van der Waals surface area contributed by atoms with Crippen molar-refractivity contribution in [2.24, 2.45) is 0 Å². The lowest BCUT2D eigenvalue weighted by Gasteiger charge is -2.17. The standard InChI is InChI=1S/C18H14BrN5O3S/c19-13-3-6-15-12(9-13)7-8-23(15)16(25)10-28-18-20-21-22-24(18)14-4-1-11(2-5-14)17(26)27/h1-6,9H,7-8,10H2,(H,26,27). The summed E-state index contributed by atoms with van der Waals surface area (Å²) in [7, 11) is 0. The van der Waals surface area contributed by atoms with Crippen LogP contribution in [0.25, 0.3) is 5.69 Å². The molecule has 4 rings (SSSR count). The van der Waals surface area contributed by atoms with Crippen molar-refractivity contribution < 1.29 is 14.7 Å². The maximum absolute atomic E-state index is 12.7. The van der Waals surface area contributed by atoms with E-state index in [0.717, 1.165) is 22.1 Å². The van der Waals surface area contributed by atoms with Crippen LogP contribution in [0.1, 0.15) is 15.9 Å². The molecule has 0 aliphatic carbocycles. The predicted octanol–water partition coefficient (Wildman–Crippen LogP) is 2.80. The molecule has 0 spiro atoms. The Balaban J connectivity index is 1.46. The number of hydrogen-bond donors (Lipinski definition) is 1. The zero-order valence-corrected chi connectivity index (χ0v) is 16.9. The van der Waals surface area contributed by atoms with Crippen LogP contribution in [-0.4, -0.2) is 49.5 Å². The third-order valence-electron chi connectivity index (χ3n) is 4.36. The minimum absolute atomic E-state index is 0.0122. The SMILES string of the molecule is O=C(O)c1ccc(-n2nnnc2SCC(=O)N2CCc3cc(Br)ccc32)cc1. The Kier molecular flexibility index (Phi) is 5.14. The topological polar surface area (TPSA) is 101 Å². The first kappa shape index (κ1) is 18.6. The summed E-state index contributed by atoms with van der Waals surface area (Å²) in [6.07, 6.45) is 0.832. The zero-order chi connectivity index (χ0) is 19.7. The fourth-order valence-electron chi connectivity index (χ4n) is 3.01. The Morgan fingerprint density at radius 2 is 1.96 bits per heavy atom. The summed E-state index contributed by atoms with van der Waals surface area (Å²) in [5, 5.41) is 21.1. The van der Waals surface area contributed by atoms with Crippen LogP contribution < -0.4 is 4.90 Å². The lowest BCUT2D eigenvalue weighted by Crippen LogP contribution is -2.30. The van der Waals surface area contributed by atoms with E-state index < -0.39 is 5.97 Å². The minimum Gasteiger partial charge on any atom is -0.478 e. The lowest BCUT2D eigenvalue weighted by atomic mass is 10.2. The fraction of sp³-hybridized carbons (Fsp3) is 0.167. The van der Waals surface area contributed by atoms with Crippen molar-refractivity contribution in [3.63, 3.8) is 0 Å². The van der Waals surface area contributed by atoms with Gasteiger partial charge in [0.15, 0.2) is 0 Å². The number of hydrogen-bond acceptors (Lipinski definition) is 6. The van der Waals surface area contributed by atoms with E-state index in [2.05, 4.69) is 31.5 Å². The van der Waals surface area contributed by atoms with Gasteiger partial charge in [0.1, 0.15) is 0 Å². The van der Waals surface area contributed by atoms with Gasteiger partial charge in [-0.2, -0.15) is 4.68 Å². The second kappa shape index (κ2) is 7.72. The molecule has 142 valence electrons. The van der Waals surface area contributed by atoms with Crippen molar-refractivity contribution in [2.75, 3.05) is 17.2 Å². The third-order valence-corrected chi connectivity index (χ3v) is 5.76. The van der Waals surface area contributed by atoms with E-state index in [1.807, 2.05) is 18.2 Å². The van der Waals surface area contributed by atoms with E-state index in [9.17, 15) is 9.59 Å². The van der Waals surface area contributed by atoms with E-state index in [0.29, 0.717) is 17.4 Å². The Morgan fingerprint density at radius 3 is 2.71 bits per heavy atom. The number of fused-ring (bicyclic) bond motifs is 1. The van der Waals surface area contributed by atoms with Crippen LogP contribution in [-0.2, 0) is 11.2 Å². The normalized spacial score (nSPS) is 12.8. The highest BCUT2D eigenvalue weighted by atomic mass is 79.9. The second-order valence-corrected chi connectivity index (χ2v) is 7.94. The molecule has 1 amide bonds. The van der Waals surface area contributed by atoms with Crippen LogP contribution in [0.2, 0.25) is 0 Å². The number of carbonyl (C=O) groups is 2. The molecule has 8 nitrogen and oxygen atoms in total. The van der Waals surface area contributed by atoms with Crippen LogP contribution in [0, 0.1) is 0 Å². The van der Waals surface area contributed by atoms with E-state index in [1.54, 1.807) is 17.0 Å². The first-order valence-electron chi connectivity index (χ1n) is 8.36. The molecule has 1 aromatic heterocycles. The van der Waals surface area contributed by atoms with Gasteiger partial charge < -0.3 is 10.0 Å². The molecule has 2 heterocycles. The average molecular weight is 460 g/mol. The molecule has 0 radical (unpaired) electrons. The average Bonchev–Trinajstić information content (AvgIpc) is 3.32. The van der Waals surface area contributed by atoms with Gasteiger partial charge in [0.05, 0.1) is 17.0 Å². The molecule has 0 fully saturated rings. The van der Waals surface area contributed by atoms with Gasteiger partial charge in [-0.05, 0) is 64.9 Å². The van der Waals surface area contributed by atoms with Gasteiger partial charge in [0.2, 0.25) is 11.1 Å². The van der Waals surface area contributed by atoms with Crippen LogP contribution >= 0.6 is 27.7 Å². The summed E-state index contributed by atoms with van der Waals surface area (Å²) in [5.74, 6) is -0.813. The van der Waals surface area contributed by atoms with Crippen molar-refractivity contribution in [1.82, 2.24) is 20.2 Å². The summed E-state index contributed by atoms with van der Waals surface area (Å²) in [5.41, 5.74) is 2.90. The summed E-state index contributed by atoms with van der Waals surface area (Å²) in [6.45, 7) is 0.659. The van der Waals surface area contributed by atoms with Crippen LogP contribution in [0.3, 0.4) is 0 Å². The molecule has 0 saturated heterocycles. The quantitative estimate of drug-likeness (QED) is 0.585. The smallest absolute Gasteiger partial charge is 0.335 e. The van der Waals surface area contributed by atoms with E-state index in [-0.39, 0.29) is 17.2 Å². The van der Waals surface area contributed by atoms with Gasteiger partial charge in [-0.15, -0.1) is 5.10 Å². The largest absolute Gasteiger partial charge is 0.478 e. The zero-order valence-electron chi connectivity index (χ0n) is 14.4. The Labute approximate surface area is 172 Å². The number of benzene rings is 2. The Morgan fingerprint density at radius 1 is 1.18 bits per heavy atom. The molecule has 0 saturated carbocycles. The maximum Gasteiger partial charge on any atom is 0.335 e. The molecule has 1 aliphatic heterocycles. The van der Waals surface area contributed by atoms with Gasteiger partial charge in [-0.25, -0.2) is 4.79 Å². The number of aromatic carboxylic acids is 1. The molecular weight excluding hydrogens is 446 g/mol. The molecule has 0 unspecified atom stereocenters. The molecule has 1 aliphatic rings. The molecule has 3 aromatic rings. The van der Waals surface area contributed by atoms with Crippen molar-refractivity contribution in [1.29, 1.82) is 0 Å². The summed E-state index contributed by atoms with van der Waals surface area (Å²) in [4.78, 5) is 25.5. The number of nitrogens with zero attached hydrogens (tertiary/aromatic N) is 5. The van der Waals surface area contributed by atoms with Crippen molar-refractivity contribution in [2.45, 2.75) is 11.6 Å². The molecule has 2 aromatic carbocycles. The van der Waals surface area contributed by atoms with Crippen LogP contribution in [0.5, 0.6) is 0 Å². The first-order valence-corrected chi connectivity index (χ1v) is 10.1. The molecule has 10 heteroatoms. The third kappa shape index (κ3) is 3.65. The van der Waals surface area contributed by atoms with Gasteiger partial charge in [-0.1, -0.05) is 27.7 Å². The number of aromatic nitrogens is 4. The molecule has 0 atom stereocenters. The van der Waals surface area contributed by atoms with Gasteiger partial charge >= 0.3 is 5.97 Å². The predicted molar refractivity (Wildman–Crippen MR) is 107 cm³/mol. The number of carboxylic acids is 1. The number of tetrazole rings is 1. The van der Waals surface area contributed by atoms with Gasteiger partial charge in [0.25, 0.3) is 0 Å².